The molecule has 0 saturated carbocycles. The molecule has 1 fully saturated rings. The second kappa shape index (κ2) is 10.4. The second-order valence-corrected chi connectivity index (χ2v) is 6.73. The number of thioether (sulfide) groups is 1. The van der Waals surface area contributed by atoms with Gasteiger partial charge in [-0.15, -0.1) is 12.4 Å². The molecule has 0 radical (unpaired) electrons. The molecule has 1 unspecified atom stereocenters. The molecular weight excluding hydrogens is 350 g/mol. The Morgan fingerprint density at radius 3 is 2.88 bits per heavy atom. The van der Waals surface area contributed by atoms with Crippen molar-refractivity contribution in [3.8, 4) is 5.75 Å². The molecule has 2 amide bonds. The fourth-order valence-electron chi connectivity index (χ4n) is 2.12. The van der Waals surface area contributed by atoms with E-state index in [1.54, 1.807) is 32.3 Å². The van der Waals surface area contributed by atoms with Crippen LogP contribution in [0.4, 0.5) is 5.69 Å². The fourth-order valence-corrected chi connectivity index (χ4v) is 3.07. The molecule has 1 aromatic carbocycles. The maximum absolute atomic E-state index is 12.1. The summed E-state index contributed by atoms with van der Waals surface area (Å²) in [6.07, 6.45) is 0.456. The highest BCUT2D eigenvalue weighted by molar-refractivity contribution is 7.99. The molecule has 1 atom stereocenters. The third-order valence-electron chi connectivity index (χ3n) is 3.41. The number of likely N-dealkylation sites (N-methyl/N-ethyl adjacent to an activating group) is 1. The smallest absolute Gasteiger partial charge is 0.259 e. The first kappa shape index (κ1) is 20.6. The first-order valence-corrected chi connectivity index (χ1v) is 8.74. The zero-order valence-corrected chi connectivity index (χ0v) is 15.5. The summed E-state index contributed by atoms with van der Waals surface area (Å²) in [4.78, 5) is 25.1. The molecule has 134 valence electrons. The number of ether oxygens (including phenoxy) is 1. The van der Waals surface area contributed by atoms with Crippen LogP contribution in [0.25, 0.3) is 0 Å². The Hall–Kier alpha value is -1.44. The summed E-state index contributed by atoms with van der Waals surface area (Å²) in [6.45, 7) is 0.930. The van der Waals surface area contributed by atoms with E-state index in [1.807, 2.05) is 17.8 Å². The number of rotatable bonds is 6. The molecular formula is C16H24ClN3O3S. The van der Waals surface area contributed by atoms with E-state index in [-0.39, 0.29) is 36.9 Å². The van der Waals surface area contributed by atoms with Gasteiger partial charge in [-0.1, -0.05) is 6.07 Å². The van der Waals surface area contributed by atoms with Crippen LogP contribution >= 0.6 is 24.2 Å². The number of benzene rings is 1. The average molecular weight is 374 g/mol. The maximum Gasteiger partial charge on any atom is 0.259 e. The topological polar surface area (TPSA) is 70.7 Å². The number of carbonyl (C=O) groups is 2. The van der Waals surface area contributed by atoms with E-state index < -0.39 is 0 Å². The molecule has 1 saturated heterocycles. The van der Waals surface area contributed by atoms with Crippen LogP contribution < -0.4 is 15.4 Å². The monoisotopic (exact) mass is 373 g/mol. The van der Waals surface area contributed by atoms with E-state index in [4.69, 9.17) is 4.74 Å². The van der Waals surface area contributed by atoms with Crippen LogP contribution in [0, 0.1) is 0 Å². The predicted molar refractivity (Wildman–Crippen MR) is 100 cm³/mol. The van der Waals surface area contributed by atoms with Crippen molar-refractivity contribution in [3.05, 3.63) is 24.3 Å². The van der Waals surface area contributed by atoms with Gasteiger partial charge in [0, 0.05) is 56.4 Å². The molecule has 2 N–H and O–H groups in total. The lowest BCUT2D eigenvalue weighted by Crippen LogP contribution is -2.39. The summed E-state index contributed by atoms with van der Waals surface area (Å²) in [5, 5.41) is 6.22. The van der Waals surface area contributed by atoms with Gasteiger partial charge in [-0.3, -0.25) is 9.59 Å². The molecule has 8 heteroatoms. The highest BCUT2D eigenvalue weighted by atomic mass is 35.5. The number of hydrogen-bond donors (Lipinski definition) is 2. The fraction of sp³-hybridized carbons (Fsp3) is 0.500. The van der Waals surface area contributed by atoms with Gasteiger partial charge in [-0.05, 0) is 12.1 Å². The average Bonchev–Trinajstić information content (AvgIpc) is 2.53. The van der Waals surface area contributed by atoms with Crippen LogP contribution in [-0.2, 0) is 9.59 Å². The highest BCUT2D eigenvalue weighted by Gasteiger charge is 2.16. The van der Waals surface area contributed by atoms with Crippen molar-refractivity contribution < 1.29 is 14.3 Å². The van der Waals surface area contributed by atoms with Gasteiger partial charge in [0.2, 0.25) is 5.91 Å². The zero-order chi connectivity index (χ0) is 16.7. The molecule has 0 bridgehead atoms. The molecule has 6 nitrogen and oxygen atoms in total. The van der Waals surface area contributed by atoms with Gasteiger partial charge in [0.05, 0.1) is 0 Å². The molecule has 1 aliphatic heterocycles. The molecule has 2 rings (SSSR count). The molecule has 24 heavy (non-hydrogen) atoms. The number of amides is 2. The van der Waals surface area contributed by atoms with Crippen LogP contribution in [0.2, 0.25) is 0 Å². The van der Waals surface area contributed by atoms with Crippen LogP contribution in [0.3, 0.4) is 0 Å². The number of carbonyl (C=O) groups excluding carboxylic acids is 2. The van der Waals surface area contributed by atoms with Gasteiger partial charge in [-0.2, -0.15) is 11.8 Å². The van der Waals surface area contributed by atoms with Crippen molar-refractivity contribution in [3.63, 3.8) is 0 Å². The Labute approximate surface area is 153 Å². The highest BCUT2D eigenvalue weighted by Crippen LogP contribution is 2.18. The summed E-state index contributed by atoms with van der Waals surface area (Å²) in [5.41, 5.74) is 0.674. The number of halogens is 1. The Balaban J connectivity index is 0.00000288. The van der Waals surface area contributed by atoms with Gasteiger partial charge >= 0.3 is 0 Å². The quantitative estimate of drug-likeness (QED) is 0.792. The summed E-state index contributed by atoms with van der Waals surface area (Å²) in [7, 11) is 3.36. The van der Waals surface area contributed by atoms with Crippen molar-refractivity contribution in [2.75, 3.05) is 44.1 Å². The van der Waals surface area contributed by atoms with Crippen LogP contribution in [0.1, 0.15) is 6.42 Å². The van der Waals surface area contributed by atoms with E-state index in [9.17, 15) is 9.59 Å². The standard InChI is InChI=1S/C16H23N3O3S.ClH/c1-19(2)16(21)10-22-14-5-3-4-12(8-14)18-15(20)9-13-11-23-7-6-17-13;/h3-5,8,13,17H,6-7,9-11H2,1-2H3,(H,18,20);1H. The van der Waals surface area contributed by atoms with Crippen molar-refractivity contribution in [1.82, 2.24) is 10.2 Å². The SMILES string of the molecule is CN(C)C(=O)COc1cccc(NC(=O)CC2CSCCN2)c1.Cl. The Kier molecular flexibility index (Phi) is 8.95. The first-order valence-electron chi connectivity index (χ1n) is 7.58. The molecule has 1 aliphatic rings. The van der Waals surface area contributed by atoms with Crippen molar-refractivity contribution in [2.24, 2.45) is 0 Å². The van der Waals surface area contributed by atoms with Gasteiger partial charge in [-0.25, -0.2) is 0 Å². The van der Waals surface area contributed by atoms with Crippen molar-refractivity contribution in [1.29, 1.82) is 0 Å². The Bertz CT molecular complexity index is 551. The maximum atomic E-state index is 12.1. The summed E-state index contributed by atoms with van der Waals surface area (Å²) in [6, 6.07) is 7.31. The van der Waals surface area contributed by atoms with Gasteiger partial charge in [0.25, 0.3) is 5.91 Å². The number of nitrogens with one attached hydrogen (secondary N) is 2. The minimum atomic E-state index is -0.111. The Morgan fingerprint density at radius 2 is 2.21 bits per heavy atom. The zero-order valence-electron chi connectivity index (χ0n) is 13.9. The predicted octanol–water partition coefficient (Wildman–Crippen LogP) is 1.61. The lowest BCUT2D eigenvalue weighted by atomic mass is 10.2. The summed E-state index contributed by atoms with van der Waals surface area (Å²) >= 11 is 1.87. The molecule has 1 heterocycles. The van der Waals surface area contributed by atoms with Crippen molar-refractivity contribution in [2.45, 2.75) is 12.5 Å². The minimum absolute atomic E-state index is 0. The third kappa shape index (κ3) is 6.98. The van der Waals surface area contributed by atoms with Crippen LogP contribution in [-0.4, -0.2) is 61.5 Å². The van der Waals surface area contributed by atoms with E-state index in [1.165, 1.54) is 4.90 Å². The van der Waals surface area contributed by atoms with E-state index in [0.29, 0.717) is 17.9 Å². The number of nitrogens with zero attached hydrogens (tertiary/aromatic N) is 1. The van der Waals surface area contributed by atoms with Crippen LogP contribution in [0.5, 0.6) is 5.75 Å². The molecule has 0 aromatic heterocycles. The lowest BCUT2D eigenvalue weighted by molar-refractivity contribution is -0.130. The van der Waals surface area contributed by atoms with Crippen LogP contribution in [0.15, 0.2) is 24.3 Å². The van der Waals surface area contributed by atoms with E-state index >= 15 is 0 Å². The molecule has 0 spiro atoms. The van der Waals surface area contributed by atoms with E-state index in [0.717, 1.165) is 18.1 Å². The second-order valence-electron chi connectivity index (χ2n) is 5.58. The van der Waals surface area contributed by atoms with Gasteiger partial charge < -0.3 is 20.3 Å². The molecule has 1 aromatic rings. The summed E-state index contributed by atoms with van der Waals surface area (Å²) < 4.78 is 5.44. The minimum Gasteiger partial charge on any atom is -0.484 e. The molecule has 0 aliphatic carbocycles. The Morgan fingerprint density at radius 1 is 1.42 bits per heavy atom. The van der Waals surface area contributed by atoms with Gasteiger partial charge in [0.1, 0.15) is 5.75 Å². The normalized spacial score (nSPS) is 16.7. The third-order valence-corrected chi connectivity index (χ3v) is 4.54. The van der Waals surface area contributed by atoms with Gasteiger partial charge in [0.15, 0.2) is 6.61 Å². The summed E-state index contributed by atoms with van der Waals surface area (Å²) in [5.74, 6) is 2.49. The number of anilines is 1. The van der Waals surface area contributed by atoms with E-state index in [2.05, 4.69) is 10.6 Å². The van der Waals surface area contributed by atoms with Crippen molar-refractivity contribution >= 4 is 41.7 Å². The first-order chi connectivity index (χ1) is 11.0. The number of hydrogen-bond acceptors (Lipinski definition) is 5. The largest absolute Gasteiger partial charge is 0.484 e. The lowest BCUT2D eigenvalue weighted by Gasteiger charge is -2.22.